The zero-order chi connectivity index (χ0) is 20.2. The lowest BCUT2D eigenvalue weighted by Gasteiger charge is -2.23. The van der Waals surface area contributed by atoms with Gasteiger partial charge in [-0.2, -0.15) is 13.2 Å². The minimum atomic E-state index is -4.70. The molecule has 1 aromatic heterocycles. The Balaban J connectivity index is 2.34. The van der Waals surface area contributed by atoms with Crippen molar-refractivity contribution < 1.29 is 37.0 Å². The maximum atomic E-state index is 12.9. The summed E-state index contributed by atoms with van der Waals surface area (Å²) in [6.45, 7) is 1.64. The maximum Gasteiger partial charge on any atom is 0.433 e. The van der Waals surface area contributed by atoms with Crippen molar-refractivity contribution in [2.45, 2.75) is 32.5 Å². The Morgan fingerprint density at radius 3 is 2.37 bits per heavy atom. The van der Waals surface area contributed by atoms with Crippen LogP contribution < -0.4 is 0 Å². The number of rotatable bonds is 7. The summed E-state index contributed by atoms with van der Waals surface area (Å²) in [5.41, 5.74) is -1.65. The summed E-state index contributed by atoms with van der Waals surface area (Å²) in [5, 5.41) is 0. The molecule has 6 nitrogen and oxygen atoms in total. The number of methoxy groups -OCH3 is 1. The first-order valence-corrected chi connectivity index (χ1v) is 8.38. The first kappa shape index (κ1) is 21.2. The second-order valence-electron chi connectivity index (χ2n) is 6.48. The normalized spacial score (nSPS) is 20.8. The maximum absolute atomic E-state index is 12.9. The molecule has 0 unspecified atom stereocenters. The van der Waals surface area contributed by atoms with E-state index in [1.807, 2.05) is 0 Å². The first-order chi connectivity index (χ1) is 12.6. The van der Waals surface area contributed by atoms with Crippen molar-refractivity contribution in [3.05, 3.63) is 29.1 Å². The molecule has 148 valence electrons. The molecular formula is C18H20F3NO5. The Kier molecular flexibility index (Phi) is 6.83. The monoisotopic (exact) mass is 387 g/mol. The lowest BCUT2D eigenvalue weighted by atomic mass is 9.77. The van der Waals surface area contributed by atoms with Gasteiger partial charge in [0, 0.05) is 25.5 Å². The second kappa shape index (κ2) is 8.71. The molecule has 0 atom stereocenters. The molecule has 1 aliphatic rings. The summed E-state index contributed by atoms with van der Waals surface area (Å²) in [7, 11) is 1.43. The van der Waals surface area contributed by atoms with E-state index in [4.69, 9.17) is 9.47 Å². The molecule has 1 heterocycles. The third kappa shape index (κ3) is 5.20. The smallest absolute Gasteiger partial charge is 0.382 e. The molecule has 1 saturated carbocycles. The van der Waals surface area contributed by atoms with Gasteiger partial charge in [-0.3, -0.25) is 14.4 Å². The molecule has 9 heteroatoms. The van der Waals surface area contributed by atoms with E-state index in [1.54, 1.807) is 6.92 Å². The number of carbonyl (C=O) groups excluding carboxylic acids is 3. The number of halogens is 3. The van der Waals surface area contributed by atoms with Gasteiger partial charge < -0.3 is 9.47 Å². The largest absolute Gasteiger partial charge is 0.433 e. The van der Waals surface area contributed by atoms with Crippen molar-refractivity contribution >= 4 is 17.3 Å². The van der Waals surface area contributed by atoms with Gasteiger partial charge in [-0.05, 0) is 18.1 Å². The van der Waals surface area contributed by atoms with Gasteiger partial charge in [0.2, 0.25) is 0 Å². The molecule has 0 N–H and O–H groups in total. The highest BCUT2D eigenvalue weighted by atomic mass is 19.4. The van der Waals surface area contributed by atoms with Gasteiger partial charge in [0.05, 0.1) is 25.5 Å². The van der Waals surface area contributed by atoms with Crippen LogP contribution in [-0.4, -0.2) is 42.7 Å². The van der Waals surface area contributed by atoms with Crippen LogP contribution in [0.3, 0.4) is 0 Å². The van der Waals surface area contributed by atoms with Crippen LogP contribution in [0.1, 0.15) is 41.5 Å². The number of ether oxygens (including phenoxy) is 2. The Morgan fingerprint density at radius 1 is 1.19 bits per heavy atom. The average molecular weight is 387 g/mol. The average Bonchev–Trinajstić information content (AvgIpc) is 2.56. The van der Waals surface area contributed by atoms with E-state index in [9.17, 15) is 27.6 Å². The van der Waals surface area contributed by atoms with Crippen LogP contribution in [0.15, 0.2) is 12.1 Å². The van der Waals surface area contributed by atoms with E-state index in [0.29, 0.717) is 6.07 Å². The van der Waals surface area contributed by atoms with E-state index < -0.39 is 35.1 Å². The number of carbonyl (C=O) groups is 3. The fourth-order valence-electron chi connectivity index (χ4n) is 2.93. The first-order valence-electron chi connectivity index (χ1n) is 8.38. The number of Topliss-reactive ketones (excluding diaryl/α,β-unsaturated/α-hetero) is 3. The van der Waals surface area contributed by atoms with Gasteiger partial charge in [0.15, 0.2) is 17.3 Å². The number of pyridine rings is 1. The van der Waals surface area contributed by atoms with Crippen molar-refractivity contribution in [3.63, 3.8) is 0 Å². The summed E-state index contributed by atoms with van der Waals surface area (Å²) in [4.78, 5) is 40.6. The highest BCUT2D eigenvalue weighted by Gasteiger charge is 2.40. The summed E-state index contributed by atoms with van der Waals surface area (Å²) >= 11 is 0. The Bertz CT molecular complexity index is 714. The Labute approximate surface area is 154 Å². The third-order valence-electron chi connectivity index (χ3n) is 4.21. The second-order valence-corrected chi connectivity index (χ2v) is 6.48. The lowest BCUT2D eigenvalue weighted by Crippen LogP contribution is -2.38. The van der Waals surface area contributed by atoms with Crippen LogP contribution in [0.25, 0.3) is 0 Å². The minimum Gasteiger partial charge on any atom is -0.382 e. The summed E-state index contributed by atoms with van der Waals surface area (Å²) in [6, 6.07) is 1.61. The van der Waals surface area contributed by atoms with Crippen LogP contribution >= 0.6 is 0 Å². The van der Waals surface area contributed by atoms with Gasteiger partial charge in [0.1, 0.15) is 11.6 Å². The van der Waals surface area contributed by atoms with Crippen molar-refractivity contribution in [1.29, 1.82) is 0 Å². The zero-order valence-electron chi connectivity index (χ0n) is 15.0. The summed E-state index contributed by atoms with van der Waals surface area (Å²) in [6.07, 6.45) is -4.54. The Morgan fingerprint density at radius 2 is 1.81 bits per heavy atom. The molecule has 0 saturated heterocycles. The fraction of sp³-hybridized carbons (Fsp3) is 0.556. The van der Waals surface area contributed by atoms with Crippen LogP contribution in [0.4, 0.5) is 13.2 Å². The molecule has 0 spiro atoms. The van der Waals surface area contributed by atoms with Crippen LogP contribution in [-0.2, 0) is 31.8 Å². The molecule has 1 aliphatic carbocycles. The van der Waals surface area contributed by atoms with Crippen LogP contribution in [0.5, 0.6) is 0 Å². The van der Waals surface area contributed by atoms with E-state index in [-0.39, 0.29) is 49.8 Å². The predicted octanol–water partition coefficient (Wildman–Crippen LogP) is 2.63. The van der Waals surface area contributed by atoms with Crippen molar-refractivity contribution in [3.8, 4) is 0 Å². The number of alkyl halides is 3. The molecule has 0 aromatic carbocycles. The van der Waals surface area contributed by atoms with Crippen molar-refractivity contribution in [2.24, 2.45) is 11.8 Å². The number of aromatic nitrogens is 1. The van der Waals surface area contributed by atoms with Crippen molar-refractivity contribution in [2.75, 3.05) is 20.3 Å². The number of hydrogen-bond acceptors (Lipinski definition) is 6. The van der Waals surface area contributed by atoms with E-state index >= 15 is 0 Å². The van der Waals surface area contributed by atoms with Crippen LogP contribution in [0, 0.1) is 11.8 Å². The topological polar surface area (TPSA) is 82.6 Å². The fourth-order valence-corrected chi connectivity index (χ4v) is 2.93. The summed E-state index contributed by atoms with van der Waals surface area (Å²) in [5.74, 6) is -3.51. The standard InChI is InChI=1S/C18H20F3NO5/c1-10-7-13(23)16(14(24)8-10)17(25)11-3-4-15(18(19,20)21)22-12(11)9-27-6-5-26-2/h3-4,10,16H,5-9H2,1-2H3. The number of ketones is 3. The quantitative estimate of drug-likeness (QED) is 0.406. The lowest BCUT2D eigenvalue weighted by molar-refractivity contribution is -0.141. The van der Waals surface area contributed by atoms with Crippen LogP contribution in [0.2, 0.25) is 0 Å². The number of hydrogen-bond donors (Lipinski definition) is 0. The minimum absolute atomic E-state index is 0.0792. The van der Waals surface area contributed by atoms with Gasteiger partial charge in [-0.1, -0.05) is 6.92 Å². The number of nitrogens with zero attached hydrogens (tertiary/aromatic N) is 1. The van der Waals surface area contributed by atoms with Gasteiger partial charge in [-0.15, -0.1) is 0 Å². The molecule has 27 heavy (non-hydrogen) atoms. The SMILES string of the molecule is COCCOCc1nc(C(F)(F)F)ccc1C(=O)C1C(=O)CC(C)CC1=O. The van der Waals surface area contributed by atoms with Crippen molar-refractivity contribution in [1.82, 2.24) is 4.98 Å². The highest BCUT2D eigenvalue weighted by molar-refractivity contribution is 6.25. The molecule has 0 radical (unpaired) electrons. The van der Waals surface area contributed by atoms with Gasteiger partial charge in [-0.25, -0.2) is 4.98 Å². The Hall–Kier alpha value is -2.13. The highest BCUT2D eigenvalue weighted by Crippen LogP contribution is 2.30. The predicted molar refractivity (Wildman–Crippen MR) is 87.0 cm³/mol. The van der Waals surface area contributed by atoms with Gasteiger partial charge in [0.25, 0.3) is 0 Å². The summed E-state index contributed by atoms with van der Waals surface area (Å²) < 4.78 is 48.8. The zero-order valence-corrected chi connectivity index (χ0v) is 15.0. The van der Waals surface area contributed by atoms with E-state index in [0.717, 1.165) is 6.07 Å². The third-order valence-corrected chi connectivity index (χ3v) is 4.21. The van der Waals surface area contributed by atoms with E-state index in [2.05, 4.69) is 4.98 Å². The molecule has 0 amide bonds. The molecule has 0 bridgehead atoms. The molecule has 1 aromatic rings. The molecule has 1 fully saturated rings. The molecule has 2 rings (SSSR count). The molecular weight excluding hydrogens is 367 g/mol. The van der Waals surface area contributed by atoms with E-state index in [1.165, 1.54) is 7.11 Å². The molecule has 0 aliphatic heterocycles. The van der Waals surface area contributed by atoms with Gasteiger partial charge >= 0.3 is 6.18 Å².